The topological polar surface area (TPSA) is 44.7 Å². The lowest BCUT2D eigenvalue weighted by Gasteiger charge is -2.23. The number of carbonyl (C=O) groups excluding carboxylic acids is 1. The molecule has 1 aliphatic rings. The monoisotopic (exact) mass is 155 g/mol. The SMILES string of the molecule is CC(C)CN1C=NC(=O)NC1. The van der Waals surface area contributed by atoms with Gasteiger partial charge in [-0.2, -0.15) is 4.99 Å². The second kappa shape index (κ2) is 3.37. The van der Waals surface area contributed by atoms with Crippen molar-refractivity contribution in [2.75, 3.05) is 13.2 Å². The lowest BCUT2D eigenvalue weighted by Crippen LogP contribution is -2.41. The molecule has 0 unspecified atom stereocenters. The Kier molecular flexibility index (Phi) is 2.46. The van der Waals surface area contributed by atoms with Crippen LogP contribution in [-0.2, 0) is 0 Å². The molecule has 2 amide bonds. The Morgan fingerprint density at radius 3 is 3.00 bits per heavy atom. The molecule has 0 fully saturated rings. The van der Waals surface area contributed by atoms with Crippen LogP contribution in [-0.4, -0.2) is 30.5 Å². The van der Waals surface area contributed by atoms with Gasteiger partial charge in [0.25, 0.3) is 0 Å². The van der Waals surface area contributed by atoms with Crippen molar-refractivity contribution in [3.8, 4) is 0 Å². The van der Waals surface area contributed by atoms with Crippen molar-refractivity contribution in [2.45, 2.75) is 13.8 Å². The number of carbonyl (C=O) groups is 1. The Morgan fingerprint density at radius 2 is 2.55 bits per heavy atom. The van der Waals surface area contributed by atoms with Crippen molar-refractivity contribution >= 4 is 12.4 Å². The van der Waals surface area contributed by atoms with Gasteiger partial charge in [-0.3, -0.25) is 0 Å². The summed E-state index contributed by atoms with van der Waals surface area (Å²) in [6.45, 7) is 5.78. The molecule has 0 saturated carbocycles. The van der Waals surface area contributed by atoms with Crippen molar-refractivity contribution in [1.29, 1.82) is 0 Å². The summed E-state index contributed by atoms with van der Waals surface area (Å²) < 4.78 is 0. The second-order valence-corrected chi connectivity index (χ2v) is 3.05. The van der Waals surface area contributed by atoms with Gasteiger partial charge in [0.05, 0.1) is 13.0 Å². The number of aliphatic imine (C=N–C) groups is 1. The fourth-order valence-electron chi connectivity index (χ4n) is 0.970. The largest absolute Gasteiger partial charge is 0.345 e. The van der Waals surface area contributed by atoms with Crippen LogP contribution in [0, 0.1) is 5.92 Å². The normalized spacial score (nSPS) is 17.4. The van der Waals surface area contributed by atoms with Crippen LogP contribution in [0.5, 0.6) is 0 Å². The Balaban J connectivity index is 2.38. The summed E-state index contributed by atoms with van der Waals surface area (Å²) in [5.74, 6) is 0.594. The van der Waals surface area contributed by atoms with Crippen LogP contribution in [0.1, 0.15) is 13.8 Å². The van der Waals surface area contributed by atoms with Gasteiger partial charge in [0.15, 0.2) is 0 Å². The van der Waals surface area contributed by atoms with Crippen LogP contribution in [0.3, 0.4) is 0 Å². The molecular weight excluding hydrogens is 142 g/mol. The van der Waals surface area contributed by atoms with Crippen molar-refractivity contribution in [3.63, 3.8) is 0 Å². The summed E-state index contributed by atoms with van der Waals surface area (Å²) >= 11 is 0. The van der Waals surface area contributed by atoms with Crippen LogP contribution >= 0.6 is 0 Å². The average molecular weight is 155 g/mol. The summed E-state index contributed by atoms with van der Waals surface area (Å²) in [6.07, 6.45) is 1.60. The van der Waals surface area contributed by atoms with E-state index in [1.54, 1.807) is 6.34 Å². The number of hydrogen-bond acceptors (Lipinski definition) is 2. The van der Waals surface area contributed by atoms with Gasteiger partial charge in [-0.15, -0.1) is 0 Å². The highest BCUT2D eigenvalue weighted by Crippen LogP contribution is 1.97. The van der Waals surface area contributed by atoms with Gasteiger partial charge in [0.2, 0.25) is 0 Å². The summed E-state index contributed by atoms with van der Waals surface area (Å²) in [7, 11) is 0. The van der Waals surface area contributed by atoms with E-state index >= 15 is 0 Å². The zero-order chi connectivity index (χ0) is 8.27. The third-order valence-corrected chi connectivity index (χ3v) is 1.37. The van der Waals surface area contributed by atoms with Gasteiger partial charge in [-0.25, -0.2) is 4.79 Å². The van der Waals surface area contributed by atoms with Crippen molar-refractivity contribution in [2.24, 2.45) is 10.9 Å². The first-order valence-corrected chi connectivity index (χ1v) is 3.74. The van der Waals surface area contributed by atoms with E-state index < -0.39 is 0 Å². The lowest BCUT2D eigenvalue weighted by atomic mass is 10.2. The van der Waals surface area contributed by atoms with Crippen LogP contribution in [0.2, 0.25) is 0 Å². The molecule has 11 heavy (non-hydrogen) atoms. The minimum absolute atomic E-state index is 0.245. The fraction of sp³-hybridized carbons (Fsp3) is 0.714. The van der Waals surface area contributed by atoms with E-state index in [1.165, 1.54) is 0 Å². The van der Waals surface area contributed by atoms with Crippen LogP contribution in [0.25, 0.3) is 0 Å². The Hall–Kier alpha value is -1.06. The van der Waals surface area contributed by atoms with Gasteiger partial charge in [0, 0.05) is 6.54 Å². The van der Waals surface area contributed by atoms with Crippen molar-refractivity contribution in [3.05, 3.63) is 0 Å². The average Bonchev–Trinajstić information content (AvgIpc) is 1.93. The molecular formula is C7H13N3O. The van der Waals surface area contributed by atoms with Crippen LogP contribution < -0.4 is 5.32 Å². The fourth-order valence-corrected chi connectivity index (χ4v) is 0.970. The van der Waals surface area contributed by atoms with Gasteiger partial charge in [0.1, 0.15) is 0 Å². The lowest BCUT2D eigenvalue weighted by molar-refractivity contribution is 0.238. The molecule has 1 N–H and O–H groups in total. The first-order chi connectivity index (χ1) is 5.18. The molecule has 1 heterocycles. The first kappa shape index (κ1) is 8.04. The maximum Gasteiger partial charge on any atom is 0.343 e. The van der Waals surface area contributed by atoms with Crippen LogP contribution in [0.4, 0.5) is 4.79 Å². The molecule has 0 aromatic heterocycles. The summed E-state index contributed by atoms with van der Waals surface area (Å²) in [5, 5.41) is 2.63. The zero-order valence-electron chi connectivity index (χ0n) is 6.87. The van der Waals surface area contributed by atoms with Crippen molar-refractivity contribution < 1.29 is 4.79 Å². The number of rotatable bonds is 2. The highest BCUT2D eigenvalue weighted by molar-refractivity contribution is 5.84. The maximum atomic E-state index is 10.6. The molecule has 0 aromatic rings. The zero-order valence-corrected chi connectivity index (χ0v) is 6.87. The summed E-state index contributed by atoms with van der Waals surface area (Å²) in [6, 6.07) is -0.245. The van der Waals surface area contributed by atoms with E-state index in [-0.39, 0.29) is 6.03 Å². The predicted octanol–water partition coefficient (Wildman–Crippen LogP) is 0.653. The second-order valence-electron chi connectivity index (χ2n) is 3.05. The third-order valence-electron chi connectivity index (χ3n) is 1.37. The molecule has 1 rings (SSSR count). The molecule has 1 aliphatic heterocycles. The van der Waals surface area contributed by atoms with E-state index in [2.05, 4.69) is 24.2 Å². The molecule has 0 bridgehead atoms. The van der Waals surface area contributed by atoms with E-state index in [9.17, 15) is 4.79 Å². The predicted molar refractivity (Wildman–Crippen MR) is 43.4 cm³/mol. The molecule has 0 radical (unpaired) electrons. The van der Waals surface area contributed by atoms with Gasteiger partial charge in [-0.05, 0) is 5.92 Å². The quantitative estimate of drug-likeness (QED) is 0.636. The first-order valence-electron chi connectivity index (χ1n) is 3.74. The standard InChI is InChI=1S/C7H13N3O/c1-6(2)3-10-4-8-7(11)9-5-10/h4,6H,3,5H2,1-2H3,(H,9,11). The minimum Gasteiger partial charge on any atom is -0.345 e. The minimum atomic E-state index is -0.245. The number of hydrogen-bond donors (Lipinski definition) is 1. The summed E-state index contributed by atoms with van der Waals surface area (Å²) in [4.78, 5) is 16.2. The van der Waals surface area contributed by atoms with E-state index in [0.717, 1.165) is 6.54 Å². The Labute approximate surface area is 66.3 Å². The van der Waals surface area contributed by atoms with Gasteiger partial charge < -0.3 is 10.2 Å². The van der Waals surface area contributed by atoms with Crippen molar-refractivity contribution in [1.82, 2.24) is 10.2 Å². The molecule has 62 valence electrons. The Bertz CT molecular complexity index is 177. The highest BCUT2D eigenvalue weighted by atomic mass is 16.2. The molecule has 4 heteroatoms. The highest BCUT2D eigenvalue weighted by Gasteiger charge is 2.09. The van der Waals surface area contributed by atoms with E-state index in [4.69, 9.17) is 0 Å². The number of urea groups is 1. The number of nitrogens with zero attached hydrogens (tertiary/aromatic N) is 2. The molecule has 0 aliphatic carbocycles. The van der Waals surface area contributed by atoms with E-state index in [1.807, 2.05) is 4.90 Å². The Morgan fingerprint density at radius 1 is 1.82 bits per heavy atom. The molecule has 0 atom stereocenters. The molecule has 0 spiro atoms. The molecule has 4 nitrogen and oxygen atoms in total. The number of amides is 2. The van der Waals surface area contributed by atoms with Gasteiger partial charge in [-0.1, -0.05) is 13.8 Å². The van der Waals surface area contributed by atoms with Crippen LogP contribution in [0.15, 0.2) is 4.99 Å². The van der Waals surface area contributed by atoms with E-state index in [0.29, 0.717) is 12.6 Å². The summed E-state index contributed by atoms with van der Waals surface area (Å²) in [5.41, 5.74) is 0. The molecule has 0 saturated heterocycles. The third kappa shape index (κ3) is 2.57. The molecule has 0 aromatic carbocycles. The smallest absolute Gasteiger partial charge is 0.343 e. The van der Waals surface area contributed by atoms with Gasteiger partial charge >= 0.3 is 6.03 Å². The maximum absolute atomic E-state index is 10.6. The number of nitrogens with one attached hydrogen (secondary N) is 1.